The van der Waals surface area contributed by atoms with Crippen molar-refractivity contribution in [2.45, 2.75) is 39.9 Å². The van der Waals surface area contributed by atoms with Crippen LogP contribution in [0.3, 0.4) is 0 Å². The van der Waals surface area contributed by atoms with Gasteiger partial charge in [0.15, 0.2) is 0 Å². The molecule has 3 aromatic carbocycles. The molecule has 0 N–H and O–H groups in total. The Labute approximate surface area is 267 Å². The third kappa shape index (κ3) is 5.98. The molecule has 0 bridgehead atoms. The van der Waals surface area contributed by atoms with Gasteiger partial charge in [-0.3, -0.25) is 4.98 Å². The van der Waals surface area contributed by atoms with Crippen LogP contribution in [0.5, 0.6) is 0 Å². The standard InChI is InChI=1S/C20H14N3O.C16H20NSi.Ir/c1-12-10-11-14-13-6-5-7-15(18(13)24-20(14)21-12)19-22-16-8-3-4-9-17(16)23(19)2;1-5-13-11-15(14-9-7-6-8-10-14)17-12-16(13)18(2,3)4;/h3-6,8-11H,1-2H3;6-9,11-12H,5H2,1-4H3;/q2*-1;. The van der Waals surface area contributed by atoms with Crippen LogP contribution in [0.15, 0.2) is 89.5 Å². The normalized spacial score (nSPS) is 11.4. The minimum absolute atomic E-state index is 0. The number of hydrogen-bond acceptors (Lipinski definition) is 4. The summed E-state index contributed by atoms with van der Waals surface area (Å²) < 4.78 is 8.15. The Hall–Kier alpha value is -3.90. The maximum Gasteiger partial charge on any atom is 0.216 e. The van der Waals surface area contributed by atoms with Crippen LogP contribution >= 0.6 is 0 Å². The summed E-state index contributed by atoms with van der Waals surface area (Å²) in [6, 6.07) is 32.9. The number of aryl methyl sites for hydroxylation is 3. The van der Waals surface area contributed by atoms with E-state index in [4.69, 9.17) is 9.40 Å². The summed E-state index contributed by atoms with van der Waals surface area (Å²) in [5.74, 6) is 0.845. The molecule has 219 valence electrons. The largest absolute Gasteiger partial charge is 0.486 e. The second-order valence-electron chi connectivity index (χ2n) is 11.6. The summed E-state index contributed by atoms with van der Waals surface area (Å²) in [7, 11) is 0.721. The predicted molar refractivity (Wildman–Crippen MR) is 176 cm³/mol. The summed E-state index contributed by atoms with van der Waals surface area (Å²) in [6.07, 6.45) is 3.16. The van der Waals surface area contributed by atoms with Crippen LogP contribution < -0.4 is 5.19 Å². The molecule has 43 heavy (non-hydrogen) atoms. The molecule has 4 aromatic heterocycles. The zero-order chi connectivity index (χ0) is 29.4. The van der Waals surface area contributed by atoms with E-state index in [-0.39, 0.29) is 20.1 Å². The van der Waals surface area contributed by atoms with Gasteiger partial charge in [-0.1, -0.05) is 61.3 Å². The fraction of sp³-hybridized carbons (Fsp3) is 0.194. The molecule has 7 heteroatoms. The summed E-state index contributed by atoms with van der Waals surface area (Å²) >= 11 is 0. The Bertz CT molecular complexity index is 2040. The molecule has 0 saturated carbocycles. The summed E-state index contributed by atoms with van der Waals surface area (Å²) in [6.45, 7) is 11.3. The molecule has 0 aliphatic rings. The van der Waals surface area contributed by atoms with E-state index >= 15 is 0 Å². The van der Waals surface area contributed by atoms with Crippen LogP contribution in [-0.4, -0.2) is 27.6 Å². The SMILES string of the molecule is CCc1cc(-c2[c-]cccc2)ncc1[Si](C)(C)C.Cc1ccc2c(n1)oc1c(-c3nc4ccccc4n3C)[c-]ccc12.[Ir]. The van der Waals surface area contributed by atoms with E-state index in [0.29, 0.717) is 5.71 Å². The van der Waals surface area contributed by atoms with Crippen LogP contribution in [-0.2, 0) is 33.6 Å². The fourth-order valence-electron chi connectivity index (χ4n) is 5.41. The van der Waals surface area contributed by atoms with Crippen LogP contribution in [0.4, 0.5) is 0 Å². The third-order valence-electron chi connectivity index (χ3n) is 7.61. The second kappa shape index (κ2) is 12.4. The van der Waals surface area contributed by atoms with E-state index in [1.807, 2.05) is 68.6 Å². The number of furan rings is 1. The van der Waals surface area contributed by atoms with Crippen molar-refractivity contribution < 1.29 is 24.5 Å². The van der Waals surface area contributed by atoms with E-state index in [0.717, 1.165) is 62.1 Å². The first-order chi connectivity index (χ1) is 20.2. The van der Waals surface area contributed by atoms with Gasteiger partial charge in [-0.15, -0.1) is 54.1 Å². The number of aromatic nitrogens is 4. The smallest absolute Gasteiger partial charge is 0.216 e. The Morgan fingerprint density at radius 1 is 0.884 bits per heavy atom. The Balaban J connectivity index is 0.000000175. The summed E-state index contributed by atoms with van der Waals surface area (Å²) in [5.41, 5.74) is 8.85. The van der Waals surface area contributed by atoms with Gasteiger partial charge in [-0.2, -0.15) is 0 Å². The Kier molecular flexibility index (Phi) is 8.79. The average Bonchev–Trinajstić information content (AvgIpc) is 3.54. The van der Waals surface area contributed by atoms with Crippen molar-refractivity contribution in [3.8, 4) is 22.6 Å². The van der Waals surface area contributed by atoms with Gasteiger partial charge in [-0.25, -0.2) is 4.98 Å². The van der Waals surface area contributed by atoms with Gasteiger partial charge in [-0.05, 0) is 48.5 Å². The molecule has 7 aromatic rings. The molecular formula is C36H34IrN4OSi-2. The number of para-hydroxylation sites is 2. The monoisotopic (exact) mass is 759 g/mol. The third-order valence-corrected chi connectivity index (χ3v) is 9.68. The Morgan fingerprint density at radius 3 is 2.40 bits per heavy atom. The zero-order valence-electron chi connectivity index (χ0n) is 25.3. The van der Waals surface area contributed by atoms with Crippen molar-refractivity contribution in [3.63, 3.8) is 0 Å². The number of benzene rings is 3. The maximum atomic E-state index is 6.07. The van der Waals surface area contributed by atoms with Crippen molar-refractivity contribution in [2.24, 2.45) is 7.05 Å². The van der Waals surface area contributed by atoms with Crippen molar-refractivity contribution in [1.82, 2.24) is 19.5 Å². The Morgan fingerprint density at radius 2 is 1.67 bits per heavy atom. The first kappa shape index (κ1) is 30.6. The molecule has 0 saturated heterocycles. The minimum Gasteiger partial charge on any atom is -0.486 e. The molecule has 0 aliphatic carbocycles. The van der Waals surface area contributed by atoms with E-state index in [1.165, 1.54) is 10.8 Å². The number of fused-ring (bicyclic) bond motifs is 4. The van der Waals surface area contributed by atoms with Crippen molar-refractivity contribution >= 4 is 46.4 Å². The molecule has 4 heterocycles. The molecule has 0 fully saturated rings. The van der Waals surface area contributed by atoms with Crippen LogP contribution in [0, 0.1) is 19.1 Å². The molecule has 1 radical (unpaired) electrons. The molecule has 0 amide bonds. The van der Waals surface area contributed by atoms with Crippen LogP contribution in [0.1, 0.15) is 18.2 Å². The second-order valence-corrected chi connectivity index (χ2v) is 16.6. The molecule has 0 unspecified atom stereocenters. The van der Waals surface area contributed by atoms with Gasteiger partial charge >= 0.3 is 0 Å². The van der Waals surface area contributed by atoms with Gasteiger partial charge in [0, 0.05) is 44.4 Å². The predicted octanol–water partition coefficient (Wildman–Crippen LogP) is 8.30. The molecular weight excluding hydrogens is 725 g/mol. The topological polar surface area (TPSA) is 56.7 Å². The van der Waals surface area contributed by atoms with Gasteiger partial charge < -0.3 is 14.0 Å². The van der Waals surface area contributed by atoms with E-state index in [9.17, 15) is 0 Å². The average molecular weight is 759 g/mol. The van der Waals surface area contributed by atoms with Gasteiger partial charge in [0.25, 0.3) is 0 Å². The maximum absolute atomic E-state index is 6.07. The van der Waals surface area contributed by atoms with Gasteiger partial charge in [0.2, 0.25) is 5.71 Å². The quantitative estimate of drug-likeness (QED) is 0.134. The number of pyridine rings is 2. The van der Waals surface area contributed by atoms with E-state index in [1.54, 1.807) is 0 Å². The molecule has 0 aliphatic heterocycles. The molecule has 0 spiro atoms. The van der Waals surface area contributed by atoms with Crippen LogP contribution in [0.2, 0.25) is 19.6 Å². The van der Waals surface area contributed by atoms with Gasteiger partial charge in [0.1, 0.15) is 0 Å². The van der Waals surface area contributed by atoms with Crippen molar-refractivity contribution in [2.75, 3.05) is 0 Å². The number of hydrogen-bond donors (Lipinski definition) is 0. The molecule has 5 nitrogen and oxygen atoms in total. The summed E-state index contributed by atoms with van der Waals surface area (Å²) in [5, 5.41) is 3.53. The van der Waals surface area contributed by atoms with Crippen molar-refractivity contribution in [3.05, 3.63) is 108 Å². The zero-order valence-corrected chi connectivity index (χ0v) is 28.7. The number of rotatable bonds is 4. The fourth-order valence-corrected chi connectivity index (χ4v) is 7.08. The van der Waals surface area contributed by atoms with E-state index in [2.05, 4.69) is 83.7 Å². The molecule has 7 rings (SSSR count). The number of imidazole rings is 1. The molecule has 0 atom stereocenters. The first-order valence-corrected chi connectivity index (χ1v) is 17.8. The van der Waals surface area contributed by atoms with Crippen molar-refractivity contribution in [1.29, 1.82) is 0 Å². The minimum atomic E-state index is -1.30. The van der Waals surface area contributed by atoms with Crippen LogP contribution in [0.25, 0.3) is 55.7 Å². The summed E-state index contributed by atoms with van der Waals surface area (Å²) in [4.78, 5) is 13.9. The number of nitrogens with zero attached hydrogens (tertiary/aromatic N) is 4. The van der Waals surface area contributed by atoms with Gasteiger partial charge in [0.05, 0.1) is 30.5 Å². The van der Waals surface area contributed by atoms with E-state index < -0.39 is 8.07 Å². The first-order valence-electron chi connectivity index (χ1n) is 14.3.